The lowest BCUT2D eigenvalue weighted by Crippen LogP contribution is -2.66. The molecule has 1 unspecified atom stereocenters. The number of hydrogen-bond acceptors (Lipinski definition) is 4. The maximum Gasteiger partial charge on any atom is 0.255 e. The van der Waals surface area contributed by atoms with E-state index in [1.54, 1.807) is 9.80 Å². The summed E-state index contributed by atoms with van der Waals surface area (Å²) in [5, 5.41) is 1.13. The Morgan fingerprint density at radius 2 is 1.93 bits per heavy atom. The highest BCUT2D eigenvalue weighted by molar-refractivity contribution is 6.00. The van der Waals surface area contributed by atoms with E-state index in [1.807, 2.05) is 43.3 Å². The Balaban J connectivity index is 1.40. The number of fused-ring (bicyclic) bond motifs is 6. The smallest absolute Gasteiger partial charge is 0.255 e. The number of H-pyrrole nitrogens is 1. The molecule has 0 saturated carbocycles. The van der Waals surface area contributed by atoms with E-state index in [4.69, 9.17) is 9.47 Å². The summed E-state index contributed by atoms with van der Waals surface area (Å²) in [5.74, 6) is 1.29. The first kappa shape index (κ1) is 17.4. The number of carbonyl (C=O) groups excluding carboxylic acids is 2. The van der Waals surface area contributed by atoms with Crippen molar-refractivity contribution < 1.29 is 19.1 Å². The van der Waals surface area contributed by atoms with Gasteiger partial charge in [0.05, 0.1) is 5.69 Å². The van der Waals surface area contributed by atoms with Crippen molar-refractivity contribution in [3.8, 4) is 11.5 Å². The van der Waals surface area contributed by atoms with Crippen LogP contribution in [-0.2, 0) is 28.1 Å². The first-order valence-corrected chi connectivity index (χ1v) is 10.1. The zero-order chi connectivity index (χ0) is 20.5. The topological polar surface area (TPSA) is 74.9 Å². The van der Waals surface area contributed by atoms with Gasteiger partial charge in [-0.25, -0.2) is 0 Å². The van der Waals surface area contributed by atoms with Crippen LogP contribution in [0.4, 0.5) is 0 Å². The van der Waals surface area contributed by atoms with Crippen LogP contribution in [0.2, 0.25) is 0 Å². The number of nitrogens with zero attached hydrogens (tertiary/aromatic N) is 2. The number of amides is 2. The van der Waals surface area contributed by atoms with Crippen LogP contribution >= 0.6 is 0 Å². The van der Waals surface area contributed by atoms with Crippen LogP contribution in [0.1, 0.15) is 23.7 Å². The molecular formula is C23H21N3O4. The van der Waals surface area contributed by atoms with E-state index in [9.17, 15) is 9.59 Å². The molecule has 3 aliphatic heterocycles. The summed E-state index contributed by atoms with van der Waals surface area (Å²) in [5.41, 5.74) is 2.85. The second-order valence-corrected chi connectivity index (χ2v) is 8.24. The number of carbonyl (C=O) groups is 2. The summed E-state index contributed by atoms with van der Waals surface area (Å²) in [6.45, 7) is 3.05. The number of benzene rings is 2. The van der Waals surface area contributed by atoms with Gasteiger partial charge in [0.25, 0.3) is 5.91 Å². The predicted molar refractivity (Wildman–Crippen MR) is 109 cm³/mol. The van der Waals surface area contributed by atoms with E-state index in [-0.39, 0.29) is 25.2 Å². The molecule has 6 rings (SSSR count). The Morgan fingerprint density at radius 1 is 1.10 bits per heavy atom. The Kier molecular flexibility index (Phi) is 3.48. The van der Waals surface area contributed by atoms with Gasteiger partial charge in [0, 0.05) is 24.0 Å². The molecular weight excluding hydrogens is 382 g/mol. The molecule has 2 aromatic carbocycles. The Bertz CT molecular complexity index is 1220. The van der Waals surface area contributed by atoms with Gasteiger partial charge in [-0.1, -0.05) is 24.3 Å². The van der Waals surface area contributed by atoms with Gasteiger partial charge in [-0.3, -0.25) is 9.59 Å². The van der Waals surface area contributed by atoms with Gasteiger partial charge >= 0.3 is 0 Å². The quantitative estimate of drug-likeness (QED) is 0.714. The zero-order valence-corrected chi connectivity index (χ0v) is 16.6. The summed E-state index contributed by atoms with van der Waals surface area (Å²) in [4.78, 5) is 33.7. The molecule has 30 heavy (non-hydrogen) atoms. The highest BCUT2D eigenvalue weighted by Gasteiger charge is 2.54. The summed E-state index contributed by atoms with van der Waals surface area (Å²) < 4.78 is 10.8. The van der Waals surface area contributed by atoms with Crippen LogP contribution in [-0.4, -0.2) is 46.5 Å². The second kappa shape index (κ2) is 6.01. The average Bonchev–Trinajstić information content (AvgIpc) is 3.36. The minimum absolute atomic E-state index is 0.0258. The third-order valence-corrected chi connectivity index (χ3v) is 6.57. The number of ether oxygens (including phenoxy) is 2. The molecule has 1 aromatic heterocycles. The predicted octanol–water partition coefficient (Wildman–Crippen LogP) is 2.54. The lowest BCUT2D eigenvalue weighted by molar-refractivity contribution is -0.166. The summed E-state index contributed by atoms with van der Waals surface area (Å²) >= 11 is 0. The standard InChI is InChI=1S/C23H21N3O4/c1-23-21-16(15-4-2-3-5-17(15)24-21)8-9-26(23)20(27)12-25(22(23)28)11-14-6-7-18-19(10-14)30-13-29-18/h2-7,10,24H,8-9,11-13H2,1H3. The van der Waals surface area contributed by atoms with Crippen molar-refractivity contribution in [1.82, 2.24) is 14.8 Å². The fourth-order valence-electron chi connectivity index (χ4n) is 5.07. The lowest BCUT2D eigenvalue weighted by atomic mass is 9.83. The molecule has 3 aliphatic rings. The van der Waals surface area contributed by atoms with E-state index < -0.39 is 5.54 Å². The highest BCUT2D eigenvalue weighted by atomic mass is 16.7. The van der Waals surface area contributed by atoms with Gasteiger partial charge in [-0.2, -0.15) is 0 Å². The largest absolute Gasteiger partial charge is 0.454 e. The van der Waals surface area contributed by atoms with E-state index >= 15 is 0 Å². The molecule has 0 spiro atoms. The van der Waals surface area contributed by atoms with E-state index in [0.717, 1.165) is 34.1 Å². The fourth-order valence-corrected chi connectivity index (χ4v) is 5.07. The monoisotopic (exact) mass is 403 g/mol. The van der Waals surface area contributed by atoms with Crippen LogP contribution < -0.4 is 9.47 Å². The molecule has 152 valence electrons. The molecule has 0 radical (unpaired) electrons. The molecule has 1 N–H and O–H groups in total. The second-order valence-electron chi connectivity index (χ2n) is 8.24. The average molecular weight is 403 g/mol. The molecule has 0 bridgehead atoms. The number of piperazine rings is 1. The first-order chi connectivity index (χ1) is 14.6. The third kappa shape index (κ3) is 2.26. The van der Waals surface area contributed by atoms with Crippen molar-refractivity contribution in [2.45, 2.75) is 25.4 Å². The van der Waals surface area contributed by atoms with Crippen LogP contribution in [0.25, 0.3) is 10.9 Å². The van der Waals surface area contributed by atoms with Crippen LogP contribution in [0.15, 0.2) is 42.5 Å². The normalized spacial score (nSPS) is 22.4. The number of rotatable bonds is 2. The van der Waals surface area contributed by atoms with Crippen LogP contribution in [0.5, 0.6) is 11.5 Å². The molecule has 1 fully saturated rings. The Labute approximate surface area is 173 Å². The van der Waals surface area contributed by atoms with Gasteiger partial charge in [0.1, 0.15) is 6.54 Å². The van der Waals surface area contributed by atoms with Crippen molar-refractivity contribution in [3.63, 3.8) is 0 Å². The number of hydrogen-bond donors (Lipinski definition) is 1. The van der Waals surface area contributed by atoms with E-state index in [2.05, 4.69) is 11.1 Å². The molecule has 7 nitrogen and oxygen atoms in total. The van der Waals surface area contributed by atoms with E-state index in [0.29, 0.717) is 24.6 Å². The maximum absolute atomic E-state index is 13.8. The minimum Gasteiger partial charge on any atom is -0.454 e. The number of aromatic amines is 1. The van der Waals surface area contributed by atoms with Crippen LogP contribution in [0, 0.1) is 0 Å². The number of nitrogens with one attached hydrogen (secondary N) is 1. The minimum atomic E-state index is -1.03. The van der Waals surface area contributed by atoms with Crippen molar-refractivity contribution >= 4 is 22.7 Å². The zero-order valence-electron chi connectivity index (χ0n) is 16.6. The van der Waals surface area contributed by atoms with Gasteiger partial charge in [0.15, 0.2) is 17.0 Å². The van der Waals surface area contributed by atoms with Crippen molar-refractivity contribution in [2.75, 3.05) is 19.9 Å². The maximum atomic E-state index is 13.8. The SMILES string of the molecule is CC12C(=O)N(Cc3ccc4c(c3)OCO4)CC(=O)N1CCc1c2[nH]c2ccccc12. The van der Waals surface area contributed by atoms with Crippen molar-refractivity contribution in [1.29, 1.82) is 0 Å². The van der Waals surface area contributed by atoms with Crippen LogP contribution in [0.3, 0.4) is 0 Å². The number of aromatic nitrogens is 1. The molecule has 7 heteroatoms. The van der Waals surface area contributed by atoms with Crippen molar-refractivity contribution in [2.24, 2.45) is 0 Å². The van der Waals surface area contributed by atoms with Gasteiger partial charge in [0.2, 0.25) is 12.7 Å². The molecule has 4 heterocycles. The molecule has 3 aromatic rings. The Hall–Kier alpha value is -3.48. The van der Waals surface area contributed by atoms with Gasteiger partial charge in [-0.05, 0) is 42.7 Å². The summed E-state index contributed by atoms with van der Waals surface area (Å²) in [6.07, 6.45) is 0.746. The highest BCUT2D eigenvalue weighted by Crippen LogP contribution is 2.42. The molecule has 2 amide bonds. The summed E-state index contributed by atoms with van der Waals surface area (Å²) in [7, 11) is 0. The molecule has 0 aliphatic carbocycles. The fraction of sp³-hybridized carbons (Fsp3) is 0.304. The number of para-hydroxylation sites is 1. The Morgan fingerprint density at radius 3 is 2.83 bits per heavy atom. The third-order valence-electron chi connectivity index (χ3n) is 6.57. The van der Waals surface area contributed by atoms with Crippen molar-refractivity contribution in [3.05, 3.63) is 59.3 Å². The van der Waals surface area contributed by atoms with Gasteiger partial charge in [-0.15, -0.1) is 0 Å². The van der Waals surface area contributed by atoms with Gasteiger partial charge < -0.3 is 24.3 Å². The lowest BCUT2D eigenvalue weighted by Gasteiger charge is -2.49. The first-order valence-electron chi connectivity index (χ1n) is 10.1. The van der Waals surface area contributed by atoms with E-state index in [1.165, 1.54) is 0 Å². The summed E-state index contributed by atoms with van der Waals surface area (Å²) in [6, 6.07) is 13.7. The molecule has 1 saturated heterocycles. The molecule has 1 atom stereocenters.